The lowest BCUT2D eigenvalue weighted by Gasteiger charge is -2.07. The van der Waals surface area contributed by atoms with E-state index in [9.17, 15) is 9.59 Å². The van der Waals surface area contributed by atoms with E-state index in [4.69, 9.17) is 16.3 Å². The number of anilines is 1. The van der Waals surface area contributed by atoms with E-state index < -0.39 is 11.9 Å². The van der Waals surface area contributed by atoms with Gasteiger partial charge >= 0.3 is 5.97 Å². The number of fused-ring (bicyclic) bond motifs is 1. The Morgan fingerprint density at radius 3 is 2.83 bits per heavy atom. The van der Waals surface area contributed by atoms with Gasteiger partial charge < -0.3 is 10.1 Å². The van der Waals surface area contributed by atoms with Crippen LogP contribution in [0, 0.1) is 0 Å². The topological polar surface area (TPSA) is 103 Å². The van der Waals surface area contributed by atoms with Crippen molar-refractivity contribution in [3.05, 3.63) is 65.2 Å². The summed E-state index contributed by atoms with van der Waals surface area (Å²) in [5.74, 6) is -0.458. The molecule has 0 aliphatic carbocycles. The molecule has 3 aromatic heterocycles. The zero-order valence-corrected chi connectivity index (χ0v) is 16.9. The van der Waals surface area contributed by atoms with E-state index >= 15 is 0 Å². The van der Waals surface area contributed by atoms with Gasteiger partial charge in [-0.3, -0.25) is 13.9 Å². The Labute approximate surface area is 176 Å². The van der Waals surface area contributed by atoms with Gasteiger partial charge in [-0.15, -0.1) is 0 Å². The predicted octanol–water partition coefficient (Wildman–Crippen LogP) is 3.21. The fourth-order valence-corrected chi connectivity index (χ4v) is 3.16. The van der Waals surface area contributed by atoms with Crippen LogP contribution in [-0.4, -0.2) is 42.6 Å². The fourth-order valence-electron chi connectivity index (χ4n) is 2.97. The Kier molecular flexibility index (Phi) is 5.20. The summed E-state index contributed by atoms with van der Waals surface area (Å²) in [5, 5.41) is 7.27. The lowest BCUT2D eigenvalue weighted by Crippen LogP contribution is -2.20. The number of nitrogens with zero attached hydrogens (tertiary/aromatic N) is 5. The summed E-state index contributed by atoms with van der Waals surface area (Å²) in [6.45, 7) is 1.89. The molecule has 1 N–H and O–H groups in total. The third-order valence-electron chi connectivity index (χ3n) is 4.34. The van der Waals surface area contributed by atoms with Gasteiger partial charge in [0.05, 0.1) is 18.5 Å². The molecule has 4 rings (SSSR count). The predicted molar refractivity (Wildman–Crippen MR) is 111 cm³/mol. The molecular formula is C20H17ClN6O3. The Bertz CT molecular complexity index is 1260. The van der Waals surface area contributed by atoms with E-state index in [1.807, 2.05) is 24.4 Å². The summed E-state index contributed by atoms with van der Waals surface area (Å²) >= 11 is 6.05. The number of rotatable bonds is 5. The highest BCUT2D eigenvalue weighted by molar-refractivity contribution is 6.30. The molecule has 10 heteroatoms. The van der Waals surface area contributed by atoms with Crippen molar-refractivity contribution >= 4 is 35.1 Å². The standard InChI is InChI=1S/C20H17ClN6O3/c1-3-30-19(29)14-10-22-26(2)17(14)18(28)24-16-7-8-27-11-15(23-20(27)25-16)12-5-4-6-13(21)9-12/h4-11H,3H2,1-2H3,(H,23,24,25,28). The van der Waals surface area contributed by atoms with Gasteiger partial charge in [0.2, 0.25) is 5.78 Å². The van der Waals surface area contributed by atoms with Crippen LogP contribution in [0.4, 0.5) is 5.82 Å². The van der Waals surface area contributed by atoms with Crippen molar-refractivity contribution in [1.29, 1.82) is 0 Å². The van der Waals surface area contributed by atoms with Crippen LogP contribution in [0.25, 0.3) is 17.0 Å². The highest BCUT2D eigenvalue weighted by atomic mass is 35.5. The molecule has 0 saturated heterocycles. The van der Waals surface area contributed by atoms with Gasteiger partial charge in [0.25, 0.3) is 5.91 Å². The Balaban J connectivity index is 1.61. The first-order valence-electron chi connectivity index (χ1n) is 9.08. The zero-order valence-electron chi connectivity index (χ0n) is 16.2. The maximum atomic E-state index is 12.8. The number of aryl methyl sites for hydroxylation is 1. The molecule has 30 heavy (non-hydrogen) atoms. The maximum absolute atomic E-state index is 12.8. The highest BCUT2D eigenvalue weighted by Gasteiger charge is 2.23. The van der Waals surface area contributed by atoms with Crippen molar-refractivity contribution in [2.24, 2.45) is 7.05 Å². The van der Waals surface area contributed by atoms with Gasteiger partial charge in [-0.2, -0.15) is 10.1 Å². The minimum atomic E-state index is -0.612. The minimum Gasteiger partial charge on any atom is -0.462 e. The largest absolute Gasteiger partial charge is 0.462 e. The van der Waals surface area contributed by atoms with Crippen molar-refractivity contribution in [1.82, 2.24) is 24.1 Å². The van der Waals surface area contributed by atoms with E-state index in [1.165, 1.54) is 10.9 Å². The van der Waals surface area contributed by atoms with Crippen LogP contribution >= 0.6 is 11.6 Å². The molecule has 4 aromatic rings. The normalized spacial score (nSPS) is 10.9. The van der Waals surface area contributed by atoms with Crippen molar-refractivity contribution < 1.29 is 14.3 Å². The molecule has 1 aromatic carbocycles. The van der Waals surface area contributed by atoms with Crippen molar-refractivity contribution in [2.75, 3.05) is 11.9 Å². The van der Waals surface area contributed by atoms with Crippen molar-refractivity contribution in [3.8, 4) is 11.3 Å². The number of imidazole rings is 1. The maximum Gasteiger partial charge on any atom is 0.342 e. The van der Waals surface area contributed by atoms with Crippen LogP contribution in [0.5, 0.6) is 0 Å². The molecule has 9 nitrogen and oxygen atoms in total. The molecule has 3 heterocycles. The SMILES string of the molecule is CCOC(=O)c1cnn(C)c1C(=O)Nc1ccn2cc(-c3cccc(Cl)c3)nc2n1. The highest BCUT2D eigenvalue weighted by Crippen LogP contribution is 2.22. The number of aromatic nitrogens is 5. The Hall–Kier alpha value is -3.72. The molecule has 152 valence electrons. The molecule has 0 bridgehead atoms. The van der Waals surface area contributed by atoms with Gasteiger partial charge in [0.1, 0.15) is 17.1 Å². The minimum absolute atomic E-state index is 0.0816. The second kappa shape index (κ2) is 7.96. The zero-order chi connectivity index (χ0) is 21.3. The lowest BCUT2D eigenvalue weighted by molar-refractivity contribution is 0.0523. The number of carbonyl (C=O) groups excluding carboxylic acids is 2. The summed E-state index contributed by atoms with van der Waals surface area (Å²) in [4.78, 5) is 33.7. The molecule has 0 spiro atoms. The number of halogens is 1. The molecule has 0 unspecified atom stereocenters. The average Bonchev–Trinajstić information content (AvgIpc) is 3.31. The van der Waals surface area contributed by atoms with Gasteiger partial charge in [-0.1, -0.05) is 23.7 Å². The molecule has 0 saturated carbocycles. The van der Waals surface area contributed by atoms with Gasteiger partial charge in [0.15, 0.2) is 0 Å². The number of esters is 1. The quantitative estimate of drug-likeness (QED) is 0.493. The number of ether oxygens (including phenoxy) is 1. The van der Waals surface area contributed by atoms with Gasteiger partial charge in [-0.25, -0.2) is 9.78 Å². The Morgan fingerprint density at radius 1 is 1.23 bits per heavy atom. The first-order valence-corrected chi connectivity index (χ1v) is 9.46. The number of hydrogen-bond acceptors (Lipinski definition) is 6. The summed E-state index contributed by atoms with van der Waals surface area (Å²) in [7, 11) is 1.57. The van der Waals surface area contributed by atoms with Crippen LogP contribution in [0.1, 0.15) is 27.8 Å². The monoisotopic (exact) mass is 424 g/mol. The second-order valence-electron chi connectivity index (χ2n) is 6.36. The number of amides is 1. The van der Waals surface area contributed by atoms with E-state index in [2.05, 4.69) is 20.4 Å². The Morgan fingerprint density at radius 2 is 2.07 bits per heavy atom. The second-order valence-corrected chi connectivity index (χ2v) is 6.80. The summed E-state index contributed by atoms with van der Waals surface area (Å²) in [6.07, 6.45) is 4.85. The number of hydrogen-bond donors (Lipinski definition) is 1. The first-order chi connectivity index (χ1) is 14.5. The summed E-state index contributed by atoms with van der Waals surface area (Å²) in [6, 6.07) is 8.97. The van der Waals surface area contributed by atoms with Crippen LogP contribution < -0.4 is 5.32 Å². The van der Waals surface area contributed by atoms with E-state index in [0.717, 1.165) is 5.56 Å². The van der Waals surface area contributed by atoms with E-state index in [0.29, 0.717) is 16.5 Å². The molecule has 0 aliphatic heterocycles. The summed E-state index contributed by atoms with van der Waals surface area (Å²) < 4.78 is 8.03. The number of nitrogens with one attached hydrogen (secondary N) is 1. The average molecular weight is 425 g/mol. The molecule has 0 atom stereocenters. The van der Waals surface area contributed by atoms with Gasteiger partial charge in [-0.05, 0) is 25.1 Å². The third kappa shape index (κ3) is 3.74. The van der Waals surface area contributed by atoms with Crippen LogP contribution in [-0.2, 0) is 11.8 Å². The summed E-state index contributed by atoms with van der Waals surface area (Å²) in [5.41, 5.74) is 1.72. The van der Waals surface area contributed by atoms with Gasteiger partial charge in [0, 0.05) is 30.0 Å². The van der Waals surface area contributed by atoms with Crippen molar-refractivity contribution in [3.63, 3.8) is 0 Å². The van der Waals surface area contributed by atoms with Crippen LogP contribution in [0.15, 0.2) is 48.9 Å². The number of benzene rings is 1. The van der Waals surface area contributed by atoms with Crippen LogP contribution in [0.3, 0.4) is 0 Å². The molecule has 0 radical (unpaired) electrons. The molecular weight excluding hydrogens is 408 g/mol. The third-order valence-corrected chi connectivity index (χ3v) is 4.57. The number of carbonyl (C=O) groups is 2. The first kappa shape index (κ1) is 19.6. The molecule has 0 fully saturated rings. The smallest absolute Gasteiger partial charge is 0.342 e. The van der Waals surface area contributed by atoms with E-state index in [1.54, 1.807) is 36.7 Å². The molecule has 0 aliphatic rings. The fraction of sp³-hybridized carbons (Fsp3) is 0.150. The van der Waals surface area contributed by atoms with E-state index in [-0.39, 0.29) is 23.7 Å². The lowest BCUT2D eigenvalue weighted by atomic mass is 10.2. The molecule has 1 amide bonds. The van der Waals surface area contributed by atoms with Crippen molar-refractivity contribution in [2.45, 2.75) is 6.92 Å². The van der Waals surface area contributed by atoms with Crippen LogP contribution in [0.2, 0.25) is 5.02 Å².